The summed E-state index contributed by atoms with van der Waals surface area (Å²) >= 11 is 0. The second kappa shape index (κ2) is 5.81. The van der Waals surface area contributed by atoms with Crippen molar-refractivity contribution in [3.05, 3.63) is 52.6 Å². The van der Waals surface area contributed by atoms with Crippen LogP contribution in [-0.2, 0) is 40.5 Å². The Morgan fingerprint density at radius 2 is 1.93 bits per heavy atom. The molecule has 7 heteroatoms. The van der Waals surface area contributed by atoms with Gasteiger partial charge in [-0.3, -0.25) is 4.79 Å². The molecule has 0 aromatic heterocycles. The third-order valence-corrected chi connectivity index (χ3v) is 7.28. The highest BCUT2D eigenvalue weighted by molar-refractivity contribution is 7.89. The highest BCUT2D eigenvalue weighted by Gasteiger charge is 2.35. The minimum atomic E-state index is -3.70. The first-order valence-corrected chi connectivity index (χ1v) is 10.7. The molecule has 0 fully saturated rings. The molecular weight excluding hydrogens is 364 g/mol. The number of aryl methyl sites for hydroxylation is 1. The first-order chi connectivity index (χ1) is 12.9. The third-order valence-electron chi connectivity index (χ3n) is 5.78. The molecule has 1 atom stereocenters. The smallest absolute Gasteiger partial charge is 0.240 e. The van der Waals surface area contributed by atoms with Crippen LogP contribution in [0.3, 0.4) is 0 Å². The van der Waals surface area contributed by atoms with E-state index in [9.17, 15) is 18.3 Å². The summed E-state index contributed by atoms with van der Waals surface area (Å²) in [5.74, 6) is 0.268. The van der Waals surface area contributed by atoms with Crippen molar-refractivity contribution >= 4 is 21.6 Å². The van der Waals surface area contributed by atoms with E-state index in [1.807, 2.05) is 6.07 Å². The molecule has 0 bridgehead atoms. The number of carbonyl (C=O) groups excluding carboxylic acids is 1. The molecule has 2 heterocycles. The van der Waals surface area contributed by atoms with Crippen LogP contribution in [0.2, 0.25) is 0 Å². The van der Waals surface area contributed by atoms with E-state index in [1.54, 1.807) is 29.2 Å². The molecule has 5 rings (SSSR count). The van der Waals surface area contributed by atoms with Crippen molar-refractivity contribution in [1.82, 2.24) is 4.72 Å². The number of hydrogen-bond acceptors (Lipinski definition) is 4. The lowest BCUT2D eigenvalue weighted by molar-refractivity contribution is -0.117. The number of fused-ring (bicyclic) bond motifs is 1. The Balaban J connectivity index is 1.45. The maximum atomic E-state index is 13.0. The van der Waals surface area contributed by atoms with E-state index in [2.05, 4.69) is 4.72 Å². The van der Waals surface area contributed by atoms with Crippen LogP contribution in [-0.4, -0.2) is 32.0 Å². The molecule has 0 radical (unpaired) electrons. The Hall–Kier alpha value is -2.38. The molecule has 1 unspecified atom stereocenters. The third kappa shape index (κ3) is 2.64. The topological polar surface area (TPSA) is 86.7 Å². The van der Waals surface area contributed by atoms with E-state index in [4.69, 9.17) is 0 Å². The van der Waals surface area contributed by atoms with Crippen LogP contribution in [0.1, 0.15) is 28.7 Å². The van der Waals surface area contributed by atoms with Gasteiger partial charge in [0, 0.05) is 12.6 Å². The lowest BCUT2D eigenvalue weighted by Crippen LogP contribution is -2.35. The zero-order chi connectivity index (χ0) is 18.8. The van der Waals surface area contributed by atoms with Crippen LogP contribution in [0.5, 0.6) is 5.75 Å². The number of anilines is 1. The summed E-state index contributed by atoms with van der Waals surface area (Å²) in [5.41, 5.74) is 4.47. The van der Waals surface area contributed by atoms with Gasteiger partial charge in [-0.05, 0) is 66.1 Å². The molecule has 1 aliphatic carbocycles. The number of phenolic OH excluding ortho intramolecular Hbond substituents is 1. The molecule has 3 aliphatic rings. The Kier molecular flexibility index (Phi) is 3.61. The molecule has 2 N–H and O–H groups in total. The van der Waals surface area contributed by atoms with Gasteiger partial charge in [0.15, 0.2) is 0 Å². The van der Waals surface area contributed by atoms with Crippen LogP contribution in [0, 0.1) is 0 Å². The molecule has 0 saturated carbocycles. The van der Waals surface area contributed by atoms with E-state index >= 15 is 0 Å². The van der Waals surface area contributed by atoms with Crippen molar-refractivity contribution in [2.75, 3.05) is 11.4 Å². The van der Waals surface area contributed by atoms with E-state index in [1.165, 1.54) is 0 Å². The fraction of sp³-hybridized carbons (Fsp3) is 0.350. The summed E-state index contributed by atoms with van der Waals surface area (Å²) in [7, 11) is -3.70. The molecular formula is C20H20N2O4S. The van der Waals surface area contributed by atoms with E-state index < -0.39 is 10.0 Å². The molecule has 2 aromatic rings. The Labute approximate surface area is 157 Å². The van der Waals surface area contributed by atoms with E-state index in [-0.39, 0.29) is 29.0 Å². The summed E-state index contributed by atoms with van der Waals surface area (Å²) in [6.07, 6.45) is 2.96. The molecule has 2 aromatic carbocycles. The lowest BCUT2D eigenvalue weighted by Gasteiger charge is -2.26. The number of nitrogens with zero attached hydrogens (tertiary/aromatic N) is 1. The van der Waals surface area contributed by atoms with Crippen molar-refractivity contribution in [3.8, 4) is 5.75 Å². The van der Waals surface area contributed by atoms with Gasteiger partial charge in [-0.25, -0.2) is 13.1 Å². The van der Waals surface area contributed by atoms with Gasteiger partial charge in [-0.1, -0.05) is 12.1 Å². The normalized spacial score (nSPS) is 20.7. The number of aromatic hydroxyl groups is 1. The SMILES string of the molecule is O=C1Cc2cc(S(=O)(=O)NC3Cc4cccc(O)c4C3)cc3c2N1CCC3. The molecule has 140 valence electrons. The Bertz CT molecular complexity index is 1080. The lowest BCUT2D eigenvalue weighted by atomic mass is 10.0. The number of amides is 1. The predicted octanol–water partition coefficient (Wildman–Crippen LogP) is 1.67. The second-order valence-corrected chi connectivity index (χ2v) is 9.27. The van der Waals surface area contributed by atoms with Gasteiger partial charge in [0.25, 0.3) is 0 Å². The zero-order valence-electron chi connectivity index (χ0n) is 14.7. The number of nitrogens with one attached hydrogen (secondary N) is 1. The van der Waals surface area contributed by atoms with Gasteiger partial charge >= 0.3 is 0 Å². The van der Waals surface area contributed by atoms with Crippen molar-refractivity contribution in [2.45, 2.75) is 43.0 Å². The van der Waals surface area contributed by atoms with Crippen LogP contribution < -0.4 is 9.62 Å². The average Bonchev–Trinajstić information content (AvgIpc) is 3.17. The number of phenols is 1. The molecule has 2 aliphatic heterocycles. The minimum Gasteiger partial charge on any atom is -0.508 e. The summed E-state index contributed by atoms with van der Waals surface area (Å²) in [6.45, 7) is 0.715. The van der Waals surface area contributed by atoms with Gasteiger partial charge in [0.1, 0.15) is 5.75 Å². The fourth-order valence-corrected chi connectivity index (χ4v) is 5.94. The summed E-state index contributed by atoms with van der Waals surface area (Å²) in [5, 5.41) is 9.98. The van der Waals surface area contributed by atoms with Crippen molar-refractivity contribution < 1.29 is 18.3 Å². The summed E-state index contributed by atoms with van der Waals surface area (Å²) in [6, 6.07) is 8.41. The standard InChI is InChI=1S/C20H20N2O4S/c23-18-5-1-3-12-7-15(11-17(12)18)21-27(25,26)16-8-13-4-2-6-22-19(24)10-14(9-16)20(13)22/h1,3,5,8-9,15,21,23H,2,4,6-7,10-11H2. The molecule has 1 amide bonds. The largest absolute Gasteiger partial charge is 0.508 e. The monoisotopic (exact) mass is 384 g/mol. The fourth-order valence-electron chi connectivity index (χ4n) is 4.61. The van der Waals surface area contributed by atoms with Gasteiger partial charge in [-0.2, -0.15) is 0 Å². The number of benzene rings is 2. The second-order valence-electron chi connectivity index (χ2n) is 7.56. The zero-order valence-corrected chi connectivity index (χ0v) is 15.6. The van der Waals surface area contributed by atoms with E-state index in [0.29, 0.717) is 19.4 Å². The Morgan fingerprint density at radius 1 is 1.11 bits per heavy atom. The number of carbonyl (C=O) groups is 1. The van der Waals surface area contributed by atoms with Gasteiger partial charge < -0.3 is 10.0 Å². The van der Waals surface area contributed by atoms with Crippen LogP contribution in [0.15, 0.2) is 35.2 Å². The summed E-state index contributed by atoms with van der Waals surface area (Å²) in [4.78, 5) is 14.2. The maximum Gasteiger partial charge on any atom is 0.240 e. The van der Waals surface area contributed by atoms with Crippen LogP contribution in [0.25, 0.3) is 0 Å². The highest BCUT2D eigenvalue weighted by Crippen LogP contribution is 2.38. The quantitative estimate of drug-likeness (QED) is 0.843. The first-order valence-electron chi connectivity index (χ1n) is 9.20. The van der Waals surface area contributed by atoms with E-state index in [0.717, 1.165) is 40.8 Å². The first kappa shape index (κ1) is 16.8. The minimum absolute atomic E-state index is 0.0511. The van der Waals surface area contributed by atoms with Gasteiger partial charge in [-0.15, -0.1) is 0 Å². The Morgan fingerprint density at radius 3 is 2.74 bits per heavy atom. The van der Waals surface area contributed by atoms with Gasteiger partial charge in [0.05, 0.1) is 17.0 Å². The number of sulfonamides is 1. The number of hydrogen-bond donors (Lipinski definition) is 2. The predicted molar refractivity (Wildman–Crippen MR) is 100 cm³/mol. The van der Waals surface area contributed by atoms with Gasteiger partial charge in [0.2, 0.25) is 15.9 Å². The highest BCUT2D eigenvalue weighted by atomic mass is 32.2. The average molecular weight is 384 g/mol. The molecule has 0 saturated heterocycles. The van der Waals surface area contributed by atoms with Crippen molar-refractivity contribution in [3.63, 3.8) is 0 Å². The number of rotatable bonds is 3. The molecule has 27 heavy (non-hydrogen) atoms. The van der Waals surface area contributed by atoms with Crippen LogP contribution in [0.4, 0.5) is 5.69 Å². The molecule has 0 spiro atoms. The molecule has 6 nitrogen and oxygen atoms in total. The van der Waals surface area contributed by atoms with Crippen molar-refractivity contribution in [1.29, 1.82) is 0 Å². The maximum absolute atomic E-state index is 13.0. The van der Waals surface area contributed by atoms with Crippen molar-refractivity contribution in [2.24, 2.45) is 0 Å². The summed E-state index contributed by atoms with van der Waals surface area (Å²) < 4.78 is 28.8. The van der Waals surface area contributed by atoms with Crippen LogP contribution >= 0.6 is 0 Å².